The Kier molecular flexibility index (Phi) is 2.40. The maximum absolute atomic E-state index is 12.3. The van der Waals surface area contributed by atoms with Gasteiger partial charge in [0.25, 0.3) is 0 Å². The second kappa shape index (κ2) is 3.81. The first-order valence-electron chi connectivity index (χ1n) is 5.03. The van der Waals surface area contributed by atoms with Crippen molar-refractivity contribution < 1.29 is 4.55 Å². The third kappa shape index (κ3) is 1.55. The van der Waals surface area contributed by atoms with E-state index in [0.29, 0.717) is 25.2 Å². The fourth-order valence-corrected chi connectivity index (χ4v) is 3.44. The van der Waals surface area contributed by atoms with Crippen molar-refractivity contribution in [2.75, 3.05) is 0 Å². The van der Waals surface area contributed by atoms with E-state index in [1.54, 1.807) is 42.5 Å². The summed E-state index contributed by atoms with van der Waals surface area (Å²) in [6.45, 7) is 0. The minimum Gasteiger partial charge on any atom is -0.590 e. The molecule has 1 aromatic heterocycles. The summed E-state index contributed by atoms with van der Waals surface area (Å²) in [5.74, 6) is 0. The fourth-order valence-electron chi connectivity index (χ4n) is 1.92. The molecule has 0 saturated carbocycles. The van der Waals surface area contributed by atoms with Crippen LogP contribution in [0, 0.1) is 0 Å². The van der Waals surface area contributed by atoms with Crippen LogP contribution in [0.4, 0.5) is 0 Å². The molecule has 3 aromatic rings. The van der Waals surface area contributed by atoms with Gasteiger partial charge in [0.1, 0.15) is 0 Å². The van der Waals surface area contributed by atoms with E-state index < -0.39 is 10.8 Å². The van der Waals surface area contributed by atoms with Gasteiger partial charge in [-0.1, -0.05) is 23.7 Å². The second-order valence-corrected chi connectivity index (χ2v) is 5.59. The summed E-state index contributed by atoms with van der Waals surface area (Å²) >= 11 is 5.87. The maximum Gasteiger partial charge on any atom is 0.204 e. The minimum absolute atomic E-state index is 0.113. The lowest BCUT2D eigenvalue weighted by molar-refractivity contribution is 0.601. The van der Waals surface area contributed by atoms with Crippen molar-refractivity contribution in [2.24, 2.45) is 0 Å². The predicted octanol–water partition coefficient (Wildman–Crippen LogP) is 3.73. The average molecular weight is 263 g/mol. The summed E-state index contributed by atoms with van der Waals surface area (Å²) < 4.78 is 13.4. The molecular formula is C13H7ClO2S. The predicted molar refractivity (Wildman–Crippen MR) is 71.4 cm³/mol. The van der Waals surface area contributed by atoms with E-state index in [1.165, 1.54) is 0 Å². The first-order chi connectivity index (χ1) is 8.18. The lowest BCUT2D eigenvalue weighted by Crippen LogP contribution is -2.01. The van der Waals surface area contributed by atoms with E-state index in [-0.39, 0.29) is 5.43 Å². The van der Waals surface area contributed by atoms with Crippen LogP contribution >= 0.6 is 22.4 Å². The van der Waals surface area contributed by atoms with Crippen LogP contribution in [0.1, 0.15) is 0 Å². The zero-order chi connectivity index (χ0) is 12.0. The molecule has 0 fully saturated rings. The first kappa shape index (κ1) is 10.7. The molecular weight excluding hydrogens is 256 g/mol. The molecule has 2 aromatic carbocycles. The number of hydrogen-bond acceptors (Lipinski definition) is 2. The number of benzene rings is 2. The zero-order valence-corrected chi connectivity index (χ0v) is 10.2. The Bertz CT molecular complexity index is 792. The second-order valence-electron chi connectivity index (χ2n) is 3.73. The van der Waals surface area contributed by atoms with Crippen LogP contribution in [0.25, 0.3) is 20.2 Å². The van der Waals surface area contributed by atoms with E-state index in [9.17, 15) is 9.35 Å². The lowest BCUT2D eigenvalue weighted by Gasteiger charge is -2.03. The van der Waals surface area contributed by atoms with Gasteiger partial charge in [0.05, 0.1) is 10.8 Å². The minimum atomic E-state index is -1.30. The van der Waals surface area contributed by atoms with Crippen molar-refractivity contribution >= 4 is 42.5 Å². The molecule has 0 bridgehead atoms. The normalized spacial score (nSPS) is 12.2. The van der Waals surface area contributed by atoms with Crippen molar-refractivity contribution in [1.29, 1.82) is 0 Å². The van der Waals surface area contributed by atoms with Crippen molar-refractivity contribution in [3.05, 3.63) is 57.7 Å². The van der Waals surface area contributed by atoms with Gasteiger partial charge in [0.15, 0.2) is 9.40 Å². The molecule has 1 atom stereocenters. The third-order valence-electron chi connectivity index (χ3n) is 2.72. The van der Waals surface area contributed by atoms with E-state index >= 15 is 0 Å². The highest BCUT2D eigenvalue weighted by Gasteiger charge is 2.14. The molecule has 3 rings (SSSR count). The SMILES string of the molecule is O=c1c2ccccc2[s+]([O-])c2ccc(Cl)cc12. The first-order valence-corrected chi connectivity index (χ1v) is 6.56. The van der Waals surface area contributed by atoms with Crippen molar-refractivity contribution in [1.82, 2.24) is 0 Å². The monoisotopic (exact) mass is 262 g/mol. The van der Waals surface area contributed by atoms with Crippen LogP contribution in [0.2, 0.25) is 5.02 Å². The van der Waals surface area contributed by atoms with E-state index in [0.717, 1.165) is 0 Å². The Morgan fingerprint density at radius 1 is 1.00 bits per heavy atom. The number of fused-ring (bicyclic) bond motifs is 2. The molecule has 0 saturated heterocycles. The third-order valence-corrected chi connectivity index (χ3v) is 4.46. The van der Waals surface area contributed by atoms with Crippen LogP contribution in [-0.4, -0.2) is 4.55 Å². The largest absolute Gasteiger partial charge is 0.590 e. The Labute approximate surface area is 105 Å². The van der Waals surface area contributed by atoms with Gasteiger partial charge in [-0.2, -0.15) is 0 Å². The van der Waals surface area contributed by atoms with Gasteiger partial charge in [0, 0.05) is 11.1 Å². The molecule has 2 nitrogen and oxygen atoms in total. The van der Waals surface area contributed by atoms with Crippen molar-refractivity contribution in [2.45, 2.75) is 0 Å². The van der Waals surface area contributed by atoms with E-state index in [4.69, 9.17) is 11.6 Å². The molecule has 0 aliphatic carbocycles. The van der Waals surface area contributed by atoms with E-state index in [1.807, 2.05) is 0 Å². The molecule has 84 valence electrons. The standard InChI is InChI=1S/C13H7ClO2S/c14-8-5-6-12-10(7-8)13(15)9-3-1-2-4-11(9)17(12)16/h1-7H. The molecule has 0 aliphatic heterocycles. The molecule has 1 unspecified atom stereocenters. The summed E-state index contributed by atoms with van der Waals surface area (Å²) in [6.07, 6.45) is 0. The zero-order valence-electron chi connectivity index (χ0n) is 8.64. The summed E-state index contributed by atoms with van der Waals surface area (Å²) in [4.78, 5) is 12.2. The highest BCUT2D eigenvalue weighted by Crippen LogP contribution is 2.33. The Morgan fingerprint density at radius 3 is 2.53 bits per heavy atom. The van der Waals surface area contributed by atoms with Crippen LogP contribution in [0.3, 0.4) is 0 Å². The van der Waals surface area contributed by atoms with Gasteiger partial charge >= 0.3 is 0 Å². The molecule has 0 N–H and O–H groups in total. The summed E-state index contributed by atoms with van der Waals surface area (Å²) in [7, 11) is -1.30. The van der Waals surface area contributed by atoms with E-state index in [2.05, 4.69) is 0 Å². The van der Waals surface area contributed by atoms with Crippen LogP contribution in [0.15, 0.2) is 47.3 Å². The van der Waals surface area contributed by atoms with Crippen molar-refractivity contribution in [3.63, 3.8) is 0 Å². The van der Waals surface area contributed by atoms with Gasteiger partial charge in [-0.25, -0.2) is 0 Å². The van der Waals surface area contributed by atoms with Crippen molar-refractivity contribution in [3.8, 4) is 0 Å². The molecule has 4 heteroatoms. The molecule has 0 aliphatic rings. The van der Waals surface area contributed by atoms with Crippen LogP contribution in [-0.2, 0) is 0 Å². The quantitative estimate of drug-likeness (QED) is 0.457. The molecule has 1 heterocycles. The van der Waals surface area contributed by atoms with Gasteiger partial charge < -0.3 is 4.55 Å². The maximum atomic E-state index is 12.3. The van der Waals surface area contributed by atoms with Crippen LogP contribution < -0.4 is 5.43 Å². The topological polar surface area (TPSA) is 40.1 Å². The smallest absolute Gasteiger partial charge is 0.204 e. The van der Waals surface area contributed by atoms with Gasteiger partial charge in [0.2, 0.25) is 5.43 Å². The molecule has 0 radical (unpaired) electrons. The number of rotatable bonds is 0. The lowest BCUT2D eigenvalue weighted by atomic mass is 10.2. The van der Waals surface area contributed by atoms with Crippen LogP contribution in [0.5, 0.6) is 0 Å². The highest BCUT2D eigenvalue weighted by molar-refractivity contribution is 7.36. The Hall–Kier alpha value is -1.42. The molecule has 17 heavy (non-hydrogen) atoms. The fraction of sp³-hybridized carbons (Fsp3) is 0. The summed E-state index contributed by atoms with van der Waals surface area (Å²) in [6, 6.07) is 11.9. The number of hydrogen-bond donors (Lipinski definition) is 0. The Balaban J connectivity index is 2.68. The summed E-state index contributed by atoms with van der Waals surface area (Å²) in [5.41, 5.74) is -0.113. The summed E-state index contributed by atoms with van der Waals surface area (Å²) in [5, 5.41) is 1.42. The Morgan fingerprint density at radius 2 is 1.71 bits per heavy atom. The number of halogens is 1. The highest BCUT2D eigenvalue weighted by atomic mass is 35.5. The average Bonchev–Trinajstić information content (AvgIpc) is 2.36. The molecule has 0 spiro atoms. The molecule has 0 amide bonds. The van der Waals surface area contributed by atoms with Gasteiger partial charge in [-0.3, -0.25) is 4.79 Å². The van der Waals surface area contributed by atoms with Gasteiger partial charge in [-0.05, 0) is 35.0 Å². The van der Waals surface area contributed by atoms with Gasteiger partial charge in [-0.15, -0.1) is 0 Å².